The zero-order chi connectivity index (χ0) is 19.2. The SMILES string of the molecule is Cc1c(Cl)cccc1NC(=O)CNC(=O)CSc1nnc(-c2ccc[nH]2)o1. The summed E-state index contributed by atoms with van der Waals surface area (Å²) in [6.45, 7) is 1.65. The molecule has 0 aliphatic heterocycles. The van der Waals surface area contributed by atoms with Gasteiger partial charge in [0.25, 0.3) is 11.1 Å². The largest absolute Gasteiger partial charge is 0.410 e. The van der Waals surface area contributed by atoms with Gasteiger partial charge in [0.15, 0.2) is 0 Å². The van der Waals surface area contributed by atoms with Crippen molar-refractivity contribution >= 4 is 40.9 Å². The van der Waals surface area contributed by atoms with Gasteiger partial charge in [-0.15, -0.1) is 10.2 Å². The minimum Gasteiger partial charge on any atom is -0.410 e. The molecule has 0 aliphatic rings. The Labute approximate surface area is 164 Å². The molecule has 3 rings (SSSR count). The van der Waals surface area contributed by atoms with Gasteiger partial charge in [0.05, 0.1) is 12.3 Å². The van der Waals surface area contributed by atoms with E-state index in [-0.39, 0.29) is 29.3 Å². The summed E-state index contributed by atoms with van der Waals surface area (Å²) in [5.74, 6) is -0.266. The van der Waals surface area contributed by atoms with E-state index in [9.17, 15) is 9.59 Å². The number of H-pyrrole nitrogens is 1. The molecule has 10 heteroatoms. The summed E-state index contributed by atoms with van der Waals surface area (Å²) in [4.78, 5) is 26.8. The minimum absolute atomic E-state index is 0.0514. The van der Waals surface area contributed by atoms with Crippen molar-refractivity contribution in [1.82, 2.24) is 20.5 Å². The maximum Gasteiger partial charge on any atom is 0.277 e. The Kier molecular flexibility index (Phi) is 6.15. The van der Waals surface area contributed by atoms with Gasteiger partial charge in [-0.1, -0.05) is 29.4 Å². The first-order valence-corrected chi connectivity index (χ1v) is 9.31. The number of nitrogens with one attached hydrogen (secondary N) is 3. The molecular formula is C17H16ClN5O3S. The van der Waals surface area contributed by atoms with Gasteiger partial charge in [-0.25, -0.2) is 0 Å². The summed E-state index contributed by atoms with van der Waals surface area (Å²) >= 11 is 7.10. The Balaban J connectivity index is 1.43. The van der Waals surface area contributed by atoms with E-state index in [1.54, 1.807) is 37.4 Å². The van der Waals surface area contributed by atoms with E-state index >= 15 is 0 Å². The molecule has 0 aliphatic carbocycles. The molecule has 0 saturated heterocycles. The lowest BCUT2D eigenvalue weighted by molar-refractivity contribution is -0.122. The molecule has 2 amide bonds. The molecule has 0 saturated carbocycles. The molecule has 0 atom stereocenters. The van der Waals surface area contributed by atoms with E-state index in [0.717, 1.165) is 17.3 Å². The van der Waals surface area contributed by atoms with Crippen molar-refractivity contribution in [3.05, 3.63) is 47.1 Å². The fraction of sp³-hybridized carbons (Fsp3) is 0.176. The van der Waals surface area contributed by atoms with Crippen LogP contribution in [0.4, 0.5) is 5.69 Å². The third kappa shape index (κ3) is 5.11. The summed E-state index contributed by atoms with van der Waals surface area (Å²) in [5, 5.41) is 13.8. The monoisotopic (exact) mass is 405 g/mol. The number of anilines is 1. The average Bonchev–Trinajstić information content (AvgIpc) is 3.33. The maximum atomic E-state index is 12.0. The second-order valence-electron chi connectivity index (χ2n) is 5.48. The summed E-state index contributed by atoms with van der Waals surface area (Å²) in [6, 6.07) is 8.84. The highest BCUT2D eigenvalue weighted by molar-refractivity contribution is 7.99. The van der Waals surface area contributed by atoms with Gasteiger partial charge < -0.3 is 20.0 Å². The van der Waals surface area contributed by atoms with Crippen molar-refractivity contribution in [3.8, 4) is 11.6 Å². The second kappa shape index (κ2) is 8.74. The number of amides is 2. The van der Waals surface area contributed by atoms with E-state index in [4.69, 9.17) is 16.0 Å². The van der Waals surface area contributed by atoms with Crippen LogP contribution >= 0.6 is 23.4 Å². The van der Waals surface area contributed by atoms with Crippen LogP contribution < -0.4 is 10.6 Å². The molecule has 27 heavy (non-hydrogen) atoms. The Hall–Kier alpha value is -2.78. The number of halogens is 1. The van der Waals surface area contributed by atoms with Gasteiger partial charge in [-0.05, 0) is 36.8 Å². The van der Waals surface area contributed by atoms with Crippen molar-refractivity contribution in [3.63, 3.8) is 0 Å². The quantitative estimate of drug-likeness (QED) is 0.521. The number of hydrogen-bond donors (Lipinski definition) is 3. The number of hydrogen-bond acceptors (Lipinski definition) is 6. The Morgan fingerprint density at radius 2 is 2.07 bits per heavy atom. The zero-order valence-corrected chi connectivity index (χ0v) is 15.9. The van der Waals surface area contributed by atoms with Gasteiger partial charge in [0.2, 0.25) is 11.8 Å². The lowest BCUT2D eigenvalue weighted by atomic mass is 10.2. The van der Waals surface area contributed by atoms with Crippen molar-refractivity contribution in [1.29, 1.82) is 0 Å². The number of aromatic nitrogens is 3. The number of carbonyl (C=O) groups is 2. The highest BCUT2D eigenvalue weighted by Gasteiger charge is 2.13. The molecule has 0 unspecified atom stereocenters. The fourth-order valence-corrected chi connectivity index (χ4v) is 2.90. The predicted octanol–water partition coefficient (Wildman–Crippen LogP) is 2.87. The number of rotatable bonds is 7. The molecule has 0 bridgehead atoms. The fourth-order valence-electron chi connectivity index (χ4n) is 2.13. The van der Waals surface area contributed by atoms with E-state index < -0.39 is 0 Å². The first-order valence-electron chi connectivity index (χ1n) is 7.94. The molecular weight excluding hydrogens is 390 g/mol. The molecule has 3 N–H and O–H groups in total. The summed E-state index contributed by atoms with van der Waals surface area (Å²) < 4.78 is 5.45. The van der Waals surface area contributed by atoms with Crippen LogP contribution in [0.15, 0.2) is 46.2 Å². The average molecular weight is 406 g/mol. The molecule has 2 heterocycles. The van der Waals surface area contributed by atoms with Crippen LogP contribution in [0.1, 0.15) is 5.56 Å². The minimum atomic E-state index is -0.342. The standard InChI is InChI=1S/C17H16ClN5O3S/c1-10-11(18)4-2-5-12(10)21-14(24)8-20-15(25)9-27-17-23-22-16(26-17)13-6-3-7-19-13/h2-7,19H,8-9H2,1H3,(H,20,25)(H,21,24). The van der Waals surface area contributed by atoms with E-state index in [2.05, 4.69) is 25.8 Å². The Morgan fingerprint density at radius 3 is 2.85 bits per heavy atom. The second-order valence-corrected chi connectivity index (χ2v) is 6.82. The highest BCUT2D eigenvalue weighted by atomic mass is 35.5. The predicted molar refractivity (Wildman–Crippen MR) is 103 cm³/mol. The normalized spacial score (nSPS) is 10.6. The summed E-state index contributed by atoms with van der Waals surface area (Å²) in [7, 11) is 0. The molecule has 1 aromatic carbocycles. The molecule has 0 spiro atoms. The molecule has 8 nitrogen and oxygen atoms in total. The van der Waals surface area contributed by atoms with E-state index in [1.807, 2.05) is 6.07 Å². The summed E-state index contributed by atoms with van der Waals surface area (Å²) in [6.07, 6.45) is 1.75. The van der Waals surface area contributed by atoms with Crippen molar-refractivity contribution in [2.24, 2.45) is 0 Å². The molecule has 3 aromatic rings. The third-order valence-electron chi connectivity index (χ3n) is 3.55. The van der Waals surface area contributed by atoms with Gasteiger partial charge in [-0.2, -0.15) is 0 Å². The Morgan fingerprint density at radius 1 is 1.22 bits per heavy atom. The first-order chi connectivity index (χ1) is 13.0. The van der Waals surface area contributed by atoms with Crippen LogP contribution in [0.3, 0.4) is 0 Å². The summed E-state index contributed by atoms with van der Waals surface area (Å²) in [5.41, 5.74) is 2.08. The lowest BCUT2D eigenvalue weighted by Crippen LogP contribution is -2.34. The first kappa shape index (κ1) is 19.0. The Bertz CT molecular complexity index is 942. The van der Waals surface area contributed by atoms with Crippen LogP contribution in [-0.4, -0.2) is 39.3 Å². The van der Waals surface area contributed by atoms with Crippen LogP contribution in [0.2, 0.25) is 5.02 Å². The van der Waals surface area contributed by atoms with Crippen LogP contribution in [-0.2, 0) is 9.59 Å². The number of carbonyl (C=O) groups excluding carboxylic acids is 2. The lowest BCUT2D eigenvalue weighted by Gasteiger charge is -2.10. The number of benzene rings is 1. The molecule has 2 aromatic heterocycles. The topological polar surface area (TPSA) is 113 Å². The molecule has 0 radical (unpaired) electrons. The number of nitrogens with zero attached hydrogens (tertiary/aromatic N) is 2. The molecule has 0 fully saturated rings. The van der Waals surface area contributed by atoms with Crippen molar-refractivity contribution in [2.75, 3.05) is 17.6 Å². The number of thioether (sulfide) groups is 1. The smallest absolute Gasteiger partial charge is 0.277 e. The third-order valence-corrected chi connectivity index (χ3v) is 4.78. The van der Waals surface area contributed by atoms with Gasteiger partial charge in [0, 0.05) is 16.9 Å². The van der Waals surface area contributed by atoms with Gasteiger partial charge in [-0.3, -0.25) is 9.59 Å². The zero-order valence-electron chi connectivity index (χ0n) is 14.3. The molecule has 140 valence electrons. The van der Waals surface area contributed by atoms with Crippen molar-refractivity contribution < 1.29 is 14.0 Å². The van der Waals surface area contributed by atoms with Crippen LogP contribution in [0, 0.1) is 6.92 Å². The van der Waals surface area contributed by atoms with E-state index in [1.165, 1.54) is 0 Å². The highest BCUT2D eigenvalue weighted by Crippen LogP contribution is 2.23. The number of aromatic amines is 1. The van der Waals surface area contributed by atoms with Gasteiger partial charge >= 0.3 is 0 Å². The van der Waals surface area contributed by atoms with E-state index in [0.29, 0.717) is 22.3 Å². The van der Waals surface area contributed by atoms with Crippen molar-refractivity contribution in [2.45, 2.75) is 12.1 Å². The van der Waals surface area contributed by atoms with Gasteiger partial charge in [0.1, 0.15) is 5.69 Å². The van der Waals surface area contributed by atoms with Crippen LogP contribution in [0.5, 0.6) is 0 Å². The van der Waals surface area contributed by atoms with Crippen LogP contribution in [0.25, 0.3) is 11.6 Å². The maximum absolute atomic E-state index is 12.0.